The minimum absolute atomic E-state index is 0.584. The lowest BCUT2D eigenvalue weighted by atomic mass is 9.97. The first kappa shape index (κ1) is 10.8. The van der Waals surface area contributed by atoms with Crippen LogP contribution in [0.4, 0.5) is 0 Å². The molecule has 0 aliphatic carbocycles. The van der Waals surface area contributed by atoms with Crippen LogP contribution in [0.25, 0.3) is 0 Å². The summed E-state index contributed by atoms with van der Waals surface area (Å²) in [5, 5.41) is 8.54. The second kappa shape index (κ2) is 5.48. The van der Waals surface area contributed by atoms with Crippen molar-refractivity contribution in [3.8, 4) is 0 Å². The summed E-state index contributed by atoms with van der Waals surface area (Å²) in [5.74, 6) is 0.584. The van der Waals surface area contributed by atoms with E-state index in [4.69, 9.17) is 5.11 Å². The molecule has 0 aromatic heterocycles. The fourth-order valence-corrected chi connectivity index (χ4v) is 1.50. The number of aliphatic hydroxyl groups excluding tert-OH is 1. The Hall–Kier alpha value is -1.24. The molecule has 0 fully saturated rings. The van der Waals surface area contributed by atoms with Crippen LogP contribution in [0, 0.1) is 12.8 Å². The molecule has 0 bridgehead atoms. The Morgan fingerprint density at radius 3 is 2.50 bits per heavy atom. The maximum Gasteiger partial charge on any atom is 0.0751 e. The van der Waals surface area contributed by atoms with E-state index in [-0.39, 0.29) is 0 Å². The Bertz CT molecular complexity index is 285. The number of hydrogen-bond acceptors (Lipinski definition) is 1. The van der Waals surface area contributed by atoms with E-state index in [0.29, 0.717) is 5.92 Å². The average molecular weight is 190 g/mol. The molecule has 0 heterocycles. The van der Waals surface area contributed by atoms with Crippen molar-refractivity contribution in [2.24, 2.45) is 5.92 Å². The van der Waals surface area contributed by atoms with Gasteiger partial charge in [0.15, 0.2) is 0 Å². The van der Waals surface area contributed by atoms with Gasteiger partial charge in [-0.3, -0.25) is 0 Å². The molecule has 1 aromatic carbocycles. The van der Waals surface area contributed by atoms with E-state index in [1.54, 1.807) is 6.08 Å². The van der Waals surface area contributed by atoms with Crippen molar-refractivity contribution in [1.29, 1.82) is 0 Å². The molecule has 0 aliphatic heterocycles. The molecule has 76 valence electrons. The molecule has 1 heteroatoms. The Morgan fingerprint density at radius 1 is 1.29 bits per heavy atom. The Balaban J connectivity index is 2.47. The van der Waals surface area contributed by atoms with E-state index >= 15 is 0 Å². The minimum Gasteiger partial charge on any atom is -0.516 e. The van der Waals surface area contributed by atoms with Gasteiger partial charge in [-0.05, 0) is 37.3 Å². The van der Waals surface area contributed by atoms with E-state index in [2.05, 4.69) is 38.1 Å². The predicted octanol–water partition coefficient (Wildman–Crippen LogP) is 3.64. The van der Waals surface area contributed by atoms with E-state index in [1.165, 1.54) is 11.1 Å². The molecule has 0 spiro atoms. The summed E-state index contributed by atoms with van der Waals surface area (Å²) in [7, 11) is 0. The quantitative estimate of drug-likeness (QED) is 0.719. The largest absolute Gasteiger partial charge is 0.516 e. The normalized spacial score (nSPS) is 13.3. The second-order valence-corrected chi connectivity index (χ2v) is 3.92. The molecule has 0 amide bonds. The number of hydrogen-bond donors (Lipinski definition) is 1. The highest BCUT2D eigenvalue weighted by atomic mass is 16.2. The predicted molar refractivity (Wildman–Crippen MR) is 60.4 cm³/mol. The van der Waals surface area contributed by atoms with Crippen molar-refractivity contribution < 1.29 is 5.11 Å². The van der Waals surface area contributed by atoms with Gasteiger partial charge >= 0.3 is 0 Å². The molecule has 0 radical (unpaired) electrons. The summed E-state index contributed by atoms with van der Waals surface area (Å²) in [5.41, 5.74) is 2.67. The third-order valence-corrected chi connectivity index (χ3v) is 2.35. The summed E-state index contributed by atoms with van der Waals surface area (Å²) in [6, 6.07) is 8.64. The van der Waals surface area contributed by atoms with Crippen LogP contribution in [-0.2, 0) is 6.42 Å². The zero-order valence-electron chi connectivity index (χ0n) is 8.90. The topological polar surface area (TPSA) is 20.2 Å². The summed E-state index contributed by atoms with van der Waals surface area (Å²) in [6.45, 7) is 4.29. The smallest absolute Gasteiger partial charge is 0.0751 e. The lowest BCUT2D eigenvalue weighted by Crippen LogP contribution is -1.98. The van der Waals surface area contributed by atoms with Crippen LogP contribution < -0.4 is 0 Å². The first-order chi connectivity index (χ1) is 6.72. The van der Waals surface area contributed by atoms with Crippen molar-refractivity contribution in [2.45, 2.75) is 26.7 Å². The van der Waals surface area contributed by atoms with Gasteiger partial charge in [0.1, 0.15) is 0 Å². The fourth-order valence-electron chi connectivity index (χ4n) is 1.50. The number of rotatable bonds is 4. The third kappa shape index (κ3) is 3.65. The molecular weight excluding hydrogens is 172 g/mol. The molecule has 1 N–H and O–H groups in total. The lowest BCUT2D eigenvalue weighted by Gasteiger charge is -2.08. The molecule has 0 aliphatic rings. The molecule has 1 rings (SSSR count). The van der Waals surface area contributed by atoms with Gasteiger partial charge in [-0.25, -0.2) is 0 Å². The van der Waals surface area contributed by atoms with Crippen LogP contribution in [0.1, 0.15) is 24.5 Å². The zero-order chi connectivity index (χ0) is 10.4. The maximum atomic E-state index is 8.54. The lowest BCUT2D eigenvalue weighted by molar-refractivity contribution is 0.465. The number of aryl methyl sites for hydroxylation is 1. The van der Waals surface area contributed by atoms with Crippen LogP contribution in [0.15, 0.2) is 36.6 Å². The minimum atomic E-state index is 0.584. The highest BCUT2D eigenvalue weighted by Crippen LogP contribution is 2.12. The van der Waals surface area contributed by atoms with Crippen LogP contribution in [0.2, 0.25) is 0 Å². The Labute approximate surface area is 86.1 Å². The van der Waals surface area contributed by atoms with Crippen molar-refractivity contribution in [1.82, 2.24) is 0 Å². The van der Waals surface area contributed by atoms with Crippen LogP contribution >= 0.6 is 0 Å². The van der Waals surface area contributed by atoms with Crippen LogP contribution in [-0.4, -0.2) is 5.11 Å². The van der Waals surface area contributed by atoms with E-state index in [0.717, 1.165) is 19.1 Å². The highest BCUT2D eigenvalue weighted by molar-refractivity contribution is 5.21. The van der Waals surface area contributed by atoms with Gasteiger partial charge in [-0.15, -0.1) is 0 Å². The van der Waals surface area contributed by atoms with Gasteiger partial charge in [0.05, 0.1) is 6.26 Å². The SMILES string of the molecule is Cc1ccc(CC(C)CC=CO)cc1. The van der Waals surface area contributed by atoms with Gasteiger partial charge in [0, 0.05) is 0 Å². The average Bonchev–Trinajstić information content (AvgIpc) is 2.18. The highest BCUT2D eigenvalue weighted by Gasteiger charge is 2.01. The molecular formula is C13H18O. The molecule has 0 saturated heterocycles. The second-order valence-electron chi connectivity index (χ2n) is 3.92. The number of allylic oxidation sites excluding steroid dienone is 1. The zero-order valence-corrected chi connectivity index (χ0v) is 8.90. The van der Waals surface area contributed by atoms with E-state index < -0.39 is 0 Å². The molecule has 1 atom stereocenters. The van der Waals surface area contributed by atoms with E-state index in [9.17, 15) is 0 Å². The first-order valence-corrected chi connectivity index (χ1v) is 5.07. The number of aliphatic hydroxyl groups is 1. The van der Waals surface area contributed by atoms with Crippen molar-refractivity contribution in [3.63, 3.8) is 0 Å². The monoisotopic (exact) mass is 190 g/mol. The Kier molecular flexibility index (Phi) is 4.24. The van der Waals surface area contributed by atoms with Crippen molar-refractivity contribution >= 4 is 0 Å². The molecule has 0 saturated carbocycles. The molecule has 14 heavy (non-hydrogen) atoms. The van der Waals surface area contributed by atoms with Crippen LogP contribution in [0.5, 0.6) is 0 Å². The summed E-state index contributed by atoms with van der Waals surface area (Å²) >= 11 is 0. The van der Waals surface area contributed by atoms with Crippen LogP contribution in [0.3, 0.4) is 0 Å². The molecule has 1 unspecified atom stereocenters. The maximum absolute atomic E-state index is 8.54. The first-order valence-electron chi connectivity index (χ1n) is 5.07. The van der Waals surface area contributed by atoms with Gasteiger partial charge in [0.2, 0.25) is 0 Å². The third-order valence-electron chi connectivity index (χ3n) is 2.35. The summed E-state index contributed by atoms with van der Waals surface area (Å²) in [6.07, 6.45) is 4.94. The molecule has 1 nitrogen and oxygen atoms in total. The standard InChI is InChI=1S/C13H18O/c1-11-5-7-13(8-6-11)10-12(2)4-3-9-14/h3,5-9,12,14H,4,10H2,1-2H3. The van der Waals surface area contributed by atoms with Gasteiger partial charge < -0.3 is 5.11 Å². The van der Waals surface area contributed by atoms with Crippen molar-refractivity contribution in [3.05, 3.63) is 47.7 Å². The fraction of sp³-hybridized carbons (Fsp3) is 0.385. The molecule has 1 aromatic rings. The van der Waals surface area contributed by atoms with Gasteiger partial charge in [-0.2, -0.15) is 0 Å². The summed E-state index contributed by atoms with van der Waals surface area (Å²) < 4.78 is 0. The summed E-state index contributed by atoms with van der Waals surface area (Å²) in [4.78, 5) is 0. The Morgan fingerprint density at radius 2 is 1.93 bits per heavy atom. The van der Waals surface area contributed by atoms with Crippen molar-refractivity contribution in [2.75, 3.05) is 0 Å². The van der Waals surface area contributed by atoms with Gasteiger partial charge in [-0.1, -0.05) is 36.8 Å². The van der Waals surface area contributed by atoms with E-state index in [1.807, 2.05) is 0 Å². The number of benzene rings is 1. The van der Waals surface area contributed by atoms with Gasteiger partial charge in [0.25, 0.3) is 0 Å².